The molecule has 0 unspecified atom stereocenters. The van der Waals surface area contributed by atoms with Crippen molar-refractivity contribution in [3.63, 3.8) is 0 Å². The topological polar surface area (TPSA) is 46.5 Å². The minimum Gasteiger partial charge on any atom is -0.365 e. The Hall–Kier alpha value is -2.23. The van der Waals surface area contributed by atoms with E-state index in [4.69, 9.17) is 4.74 Å². The lowest BCUT2D eigenvalue weighted by Crippen LogP contribution is -2.43. The van der Waals surface area contributed by atoms with Gasteiger partial charge in [-0.05, 0) is 35.3 Å². The highest BCUT2D eigenvalue weighted by atomic mass is 16.6. The highest BCUT2D eigenvalue weighted by molar-refractivity contribution is 5.98. The first-order valence-corrected chi connectivity index (χ1v) is 7.90. The number of ether oxygens (including phenoxy) is 1. The maximum atomic E-state index is 12.5. The number of rotatable bonds is 4. The van der Waals surface area contributed by atoms with Crippen LogP contribution in [0.25, 0.3) is 11.1 Å². The number of carbonyl (C=O) groups is 1. The average Bonchev–Trinajstić information content (AvgIpc) is 2.59. The molecule has 1 aliphatic rings. The Morgan fingerprint density at radius 2 is 1.70 bits per heavy atom. The van der Waals surface area contributed by atoms with Crippen LogP contribution in [-0.2, 0) is 15.1 Å². The van der Waals surface area contributed by atoms with Gasteiger partial charge in [0.05, 0.1) is 0 Å². The van der Waals surface area contributed by atoms with Gasteiger partial charge in [0.1, 0.15) is 0 Å². The predicted molar refractivity (Wildman–Crippen MR) is 89.7 cm³/mol. The monoisotopic (exact) mass is 308 g/mol. The van der Waals surface area contributed by atoms with E-state index in [1.165, 1.54) is 12.2 Å². The number of benzene rings is 2. The molecule has 0 spiro atoms. The molecule has 3 nitrogen and oxygen atoms in total. The summed E-state index contributed by atoms with van der Waals surface area (Å²) in [6.45, 7) is 2.00. The van der Waals surface area contributed by atoms with E-state index in [0.717, 1.165) is 23.1 Å². The van der Waals surface area contributed by atoms with E-state index in [2.05, 4.69) is 0 Å². The summed E-state index contributed by atoms with van der Waals surface area (Å²) in [6, 6.07) is 17.9. The fraction of sp³-hybridized carbons (Fsp3) is 0.250. The Kier molecular flexibility index (Phi) is 4.42. The van der Waals surface area contributed by atoms with E-state index in [0.29, 0.717) is 6.42 Å². The van der Waals surface area contributed by atoms with Crippen LogP contribution >= 0.6 is 0 Å². The number of hydrogen-bond donors (Lipinski definition) is 1. The number of hydrogen-bond acceptors (Lipinski definition) is 3. The minimum absolute atomic E-state index is 0.114. The van der Waals surface area contributed by atoms with Crippen molar-refractivity contribution < 1.29 is 14.6 Å². The molecule has 2 atom stereocenters. The summed E-state index contributed by atoms with van der Waals surface area (Å²) in [5, 5.41) is 9.82. The largest absolute Gasteiger partial charge is 0.365 e. The zero-order valence-electron chi connectivity index (χ0n) is 13.1. The van der Waals surface area contributed by atoms with Gasteiger partial charge in [-0.2, -0.15) is 0 Å². The first kappa shape index (κ1) is 15.7. The number of aliphatic hydroxyl groups is 1. The van der Waals surface area contributed by atoms with Crippen LogP contribution < -0.4 is 0 Å². The van der Waals surface area contributed by atoms with Crippen molar-refractivity contribution >= 4 is 5.78 Å². The van der Waals surface area contributed by atoms with Crippen molar-refractivity contribution in [3.8, 4) is 11.1 Å². The van der Waals surface area contributed by atoms with Gasteiger partial charge in [0.25, 0.3) is 0 Å². The molecular weight excluding hydrogens is 288 g/mol. The highest BCUT2D eigenvalue weighted by Gasteiger charge is 2.42. The van der Waals surface area contributed by atoms with Gasteiger partial charge in [-0.25, -0.2) is 0 Å². The van der Waals surface area contributed by atoms with Crippen molar-refractivity contribution in [1.82, 2.24) is 0 Å². The maximum Gasteiger partial charge on any atom is 0.192 e. The zero-order valence-corrected chi connectivity index (χ0v) is 13.1. The van der Waals surface area contributed by atoms with Crippen LogP contribution in [0.1, 0.15) is 25.3 Å². The molecular formula is C20H20O3. The van der Waals surface area contributed by atoms with Crippen LogP contribution in [0.15, 0.2) is 66.7 Å². The summed E-state index contributed by atoms with van der Waals surface area (Å²) in [7, 11) is 0. The minimum atomic E-state index is -1.09. The number of carbonyl (C=O) groups excluding carboxylic acids is 1. The maximum absolute atomic E-state index is 12.5. The normalized spacial score (nSPS) is 23.9. The molecule has 2 aromatic carbocycles. The Bertz CT molecular complexity index is 703. The quantitative estimate of drug-likeness (QED) is 0.934. The smallest absolute Gasteiger partial charge is 0.192 e. The highest BCUT2D eigenvalue weighted by Crippen LogP contribution is 2.37. The van der Waals surface area contributed by atoms with E-state index >= 15 is 0 Å². The molecule has 0 amide bonds. The van der Waals surface area contributed by atoms with Crippen LogP contribution in [0.3, 0.4) is 0 Å². The van der Waals surface area contributed by atoms with Crippen LogP contribution in [0, 0.1) is 0 Å². The predicted octanol–water partition coefficient (Wildman–Crippen LogP) is 3.82. The zero-order chi connectivity index (χ0) is 16.3. The molecule has 0 aromatic heterocycles. The van der Waals surface area contributed by atoms with E-state index in [9.17, 15) is 9.90 Å². The fourth-order valence-corrected chi connectivity index (χ4v) is 3.06. The first-order chi connectivity index (χ1) is 11.2. The van der Waals surface area contributed by atoms with Crippen molar-refractivity contribution in [2.45, 2.75) is 31.7 Å². The molecule has 0 radical (unpaired) electrons. The first-order valence-electron chi connectivity index (χ1n) is 7.90. The van der Waals surface area contributed by atoms with E-state index in [-0.39, 0.29) is 5.78 Å². The fourth-order valence-electron chi connectivity index (χ4n) is 3.06. The lowest BCUT2D eigenvalue weighted by atomic mass is 9.83. The third-order valence-corrected chi connectivity index (χ3v) is 4.19. The molecule has 3 rings (SSSR count). The molecule has 1 aliphatic heterocycles. The molecule has 0 fully saturated rings. The summed E-state index contributed by atoms with van der Waals surface area (Å²) in [6.07, 6.45) is 3.09. The lowest BCUT2D eigenvalue weighted by Gasteiger charge is -2.35. The Labute approximate surface area is 136 Å². The van der Waals surface area contributed by atoms with Crippen molar-refractivity contribution in [2.75, 3.05) is 0 Å². The second-order valence-corrected chi connectivity index (χ2v) is 5.75. The van der Waals surface area contributed by atoms with Crippen molar-refractivity contribution in [1.29, 1.82) is 0 Å². The molecule has 0 aliphatic carbocycles. The molecule has 1 heterocycles. The van der Waals surface area contributed by atoms with Crippen molar-refractivity contribution in [3.05, 3.63) is 72.3 Å². The Morgan fingerprint density at radius 3 is 2.35 bits per heavy atom. The van der Waals surface area contributed by atoms with E-state index in [1.54, 1.807) is 0 Å². The third kappa shape index (κ3) is 2.98. The van der Waals surface area contributed by atoms with Crippen LogP contribution in [0.5, 0.6) is 0 Å². The summed E-state index contributed by atoms with van der Waals surface area (Å²) in [4.78, 5) is 12.5. The van der Waals surface area contributed by atoms with Gasteiger partial charge in [-0.1, -0.05) is 67.9 Å². The van der Waals surface area contributed by atoms with E-state index < -0.39 is 11.9 Å². The van der Waals surface area contributed by atoms with Gasteiger partial charge in [0, 0.05) is 0 Å². The average molecular weight is 308 g/mol. The summed E-state index contributed by atoms with van der Waals surface area (Å²) in [5.41, 5.74) is 1.91. The molecule has 118 valence electrons. The molecule has 3 heteroatoms. The third-order valence-electron chi connectivity index (χ3n) is 4.19. The van der Waals surface area contributed by atoms with Gasteiger partial charge in [-0.3, -0.25) is 4.79 Å². The molecule has 0 saturated carbocycles. The van der Waals surface area contributed by atoms with Crippen LogP contribution in [0.2, 0.25) is 0 Å². The second-order valence-electron chi connectivity index (χ2n) is 5.75. The standard InChI is InChI=1S/C20H20O3/c1-2-14-20(18(21)12-13-19(22)23-20)17-10-8-16(9-11-17)15-6-4-3-5-7-15/h3-13,19,22H,2,14H2,1H3/t19-,20-/m0/s1. The van der Waals surface area contributed by atoms with Crippen LogP contribution in [-0.4, -0.2) is 17.2 Å². The van der Waals surface area contributed by atoms with Gasteiger partial charge < -0.3 is 9.84 Å². The van der Waals surface area contributed by atoms with Crippen LogP contribution in [0.4, 0.5) is 0 Å². The van der Waals surface area contributed by atoms with Gasteiger partial charge >= 0.3 is 0 Å². The second kappa shape index (κ2) is 6.49. The molecule has 1 N–H and O–H groups in total. The summed E-state index contributed by atoms with van der Waals surface area (Å²) >= 11 is 0. The molecule has 2 aromatic rings. The van der Waals surface area contributed by atoms with Gasteiger partial charge in [0.15, 0.2) is 17.7 Å². The summed E-state index contributed by atoms with van der Waals surface area (Å²) < 4.78 is 5.68. The van der Waals surface area contributed by atoms with Gasteiger partial charge in [0.2, 0.25) is 0 Å². The van der Waals surface area contributed by atoms with Gasteiger partial charge in [-0.15, -0.1) is 0 Å². The van der Waals surface area contributed by atoms with E-state index in [1.807, 2.05) is 61.5 Å². The summed E-state index contributed by atoms with van der Waals surface area (Å²) in [5.74, 6) is -0.114. The SMILES string of the molecule is CCC[C@@]1(c2ccc(-c3ccccc3)cc2)O[C@H](O)C=CC1=O. The molecule has 0 saturated heterocycles. The molecule has 23 heavy (non-hydrogen) atoms. The Morgan fingerprint density at radius 1 is 1.04 bits per heavy atom. The Balaban J connectivity index is 1.98. The number of aliphatic hydroxyl groups excluding tert-OH is 1. The number of ketones is 1. The van der Waals surface area contributed by atoms with Crippen molar-refractivity contribution in [2.24, 2.45) is 0 Å². The molecule has 0 bridgehead atoms. The lowest BCUT2D eigenvalue weighted by molar-refractivity contribution is -0.184.